The SMILES string of the molecule is CC(C)(O)c1ncccc1-c1cc2[nH]c3ccccc3c2c2ccccc12. The molecule has 27 heavy (non-hydrogen) atoms. The van der Waals surface area contributed by atoms with Crippen LogP contribution in [0.3, 0.4) is 0 Å². The zero-order valence-corrected chi connectivity index (χ0v) is 15.3. The molecular formula is C24H20N2O. The van der Waals surface area contributed by atoms with E-state index in [2.05, 4.69) is 58.5 Å². The molecule has 0 aliphatic rings. The number of pyridine rings is 1. The molecule has 0 aliphatic carbocycles. The van der Waals surface area contributed by atoms with Gasteiger partial charge in [-0.05, 0) is 48.4 Å². The Morgan fingerprint density at radius 2 is 1.48 bits per heavy atom. The predicted molar refractivity (Wildman–Crippen MR) is 112 cm³/mol. The molecule has 2 N–H and O–H groups in total. The van der Waals surface area contributed by atoms with Crippen molar-refractivity contribution in [3.8, 4) is 11.1 Å². The molecule has 3 heteroatoms. The maximum atomic E-state index is 10.7. The van der Waals surface area contributed by atoms with Crippen LogP contribution in [0.25, 0.3) is 43.7 Å². The second-order valence-electron chi connectivity index (χ2n) is 7.52. The highest BCUT2D eigenvalue weighted by Gasteiger charge is 2.23. The van der Waals surface area contributed by atoms with E-state index in [0.29, 0.717) is 5.69 Å². The fourth-order valence-corrected chi connectivity index (χ4v) is 4.05. The lowest BCUT2D eigenvalue weighted by Gasteiger charge is -2.21. The summed E-state index contributed by atoms with van der Waals surface area (Å²) >= 11 is 0. The van der Waals surface area contributed by atoms with Crippen LogP contribution >= 0.6 is 0 Å². The number of aromatic nitrogens is 2. The predicted octanol–water partition coefficient (Wildman–Crippen LogP) is 5.76. The van der Waals surface area contributed by atoms with E-state index in [4.69, 9.17) is 0 Å². The van der Waals surface area contributed by atoms with Crippen LogP contribution < -0.4 is 0 Å². The average Bonchev–Trinajstić information content (AvgIpc) is 3.05. The van der Waals surface area contributed by atoms with Crippen molar-refractivity contribution in [2.24, 2.45) is 0 Å². The third-order valence-electron chi connectivity index (χ3n) is 5.19. The molecule has 2 aromatic heterocycles. The molecule has 0 unspecified atom stereocenters. The minimum absolute atomic E-state index is 0.686. The van der Waals surface area contributed by atoms with Gasteiger partial charge in [0.2, 0.25) is 0 Å². The van der Waals surface area contributed by atoms with Gasteiger partial charge in [-0.2, -0.15) is 0 Å². The van der Waals surface area contributed by atoms with E-state index in [0.717, 1.165) is 27.5 Å². The largest absolute Gasteiger partial charge is 0.384 e. The zero-order chi connectivity index (χ0) is 18.6. The Hall–Kier alpha value is -3.17. The van der Waals surface area contributed by atoms with Gasteiger partial charge in [-0.3, -0.25) is 4.98 Å². The summed E-state index contributed by atoms with van der Waals surface area (Å²) in [5.74, 6) is 0. The highest BCUT2D eigenvalue weighted by molar-refractivity contribution is 6.23. The lowest BCUT2D eigenvalue weighted by atomic mass is 9.90. The van der Waals surface area contributed by atoms with Gasteiger partial charge in [0.15, 0.2) is 0 Å². The molecule has 0 spiro atoms. The van der Waals surface area contributed by atoms with E-state index < -0.39 is 5.60 Å². The third-order valence-corrected chi connectivity index (χ3v) is 5.19. The summed E-state index contributed by atoms with van der Waals surface area (Å²) in [6, 6.07) is 23.0. The van der Waals surface area contributed by atoms with Crippen molar-refractivity contribution in [1.29, 1.82) is 0 Å². The fraction of sp³-hybridized carbons (Fsp3) is 0.125. The average molecular weight is 352 g/mol. The number of H-pyrrole nitrogens is 1. The molecule has 0 fully saturated rings. The number of nitrogens with zero attached hydrogens (tertiary/aromatic N) is 1. The molecule has 5 rings (SSSR count). The second-order valence-corrected chi connectivity index (χ2v) is 7.52. The third kappa shape index (κ3) is 2.43. The smallest absolute Gasteiger partial charge is 0.102 e. The van der Waals surface area contributed by atoms with Crippen LogP contribution in [0.4, 0.5) is 0 Å². The Balaban J connectivity index is 1.96. The van der Waals surface area contributed by atoms with Gasteiger partial charge in [0.05, 0.1) is 5.69 Å². The van der Waals surface area contributed by atoms with Crippen molar-refractivity contribution in [3.63, 3.8) is 0 Å². The van der Waals surface area contributed by atoms with Gasteiger partial charge in [0, 0.05) is 33.6 Å². The first-order chi connectivity index (χ1) is 13.0. The quantitative estimate of drug-likeness (QED) is 0.424. The first-order valence-corrected chi connectivity index (χ1v) is 9.14. The number of aromatic amines is 1. The number of hydrogen-bond acceptors (Lipinski definition) is 2. The van der Waals surface area contributed by atoms with Crippen LogP contribution in [-0.4, -0.2) is 15.1 Å². The summed E-state index contributed by atoms with van der Waals surface area (Å²) in [6.07, 6.45) is 1.74. The van der Waals surface area contributed by atoms with Gasteiger partial charge < -0.3 is 10.1 Å². The van der Waals surface area contributed by atoms with Gasteiger partial charge in [-0.15, -0.1) is 0 Å². The number of para-hydroxylation sites is 1. The first kappa shape index (κ1) is 16.0. The van der Waals surface area contributed by atoms with Crippen molar-refractivity contribution in [2.45, 2.75) is 19.4 Å². The lowest BCUT2D eigenvalue weighted by Crippen LogP contribution is -2.18. The summed E-state index contributed by atoms with van der Waals surface area (Å²) < 4.78 is 0. The van der Waals surface area contributed by atoms with Crippen molar-refractivity contribution >= 4 is 32.6 Å². The molecule has 3 aromatic carbocycles. The zero-order valence-electron chi connectivity index (χ0n) is 15.3. The van der Waals surface area contributed by atoms with Crippen LogP contribution in [-0.2, 0) is 5.60 Å². The van der Waals surface area contributed by atoms with E-state index in [1.165, 1.54) is 16.2 Å². The fourth-order valence-electron chi connectivity index (χ4n) is 4.05. The molecule has 0 bridgehead atoms. The topological polar surface area (TPSA) is 48.9 Å². The molecular weight excluding hydrogens is 332 g/mol. The van der Waals surface area contributed by atoms with Gasteiger partial charge in [0.1, 0.15) is 5.60 Å². The molecule has 2 heterocycles. The van der Waals surface area contributed by atoms with E-state index >= 15 is 0 Å². The molecule has 5 aromatic rings. The van der Waals surface area contributed by atoms with Crippen molar-refractivity contribution < 1.29 is 5.11 Å². The van der Waals surface area contributed by atoms with Crippen LogP contribution in [0.2, 0.25) is 0 Å². The minimum Gasteiger partial charge on any atom is -0.384 e. The molecule has 0 saturated heterocycles. The van der Waals surface area contributed by atoms with Crippen molar-refractivity contribution in [2.75, 3.05) is 0 Å². The van der Waals surface area contributed by atoms with Crippen LogP contribution in [0.5, 0.6) is 0 Å². The molecule has 132 valence electrons. The summed E-state index contributed by atoms with van der Waals surface area (Å²) in [5.41, 5.74) is 3.93. The van der Waals surface area contributed by atoms with Crippen LogP contribution in [0.1, 0.15) is 19.5 Å². The summed E-state index contributed by atoms with van der Waals surface area (Å²) in [6.45, 7) is 3.56. The Labute approximate surface area is 157 Å². The van der Waals surface area contributed by atoms with Gasteiger partial charge in [0.25, 0.3) is 0 Å². The second kappa shape index (κ2) is 5.66. The van der Waals surface area contributed by atoms with E-state index in [1.807, 2.05) is 18.2 Å². The van der Waals surface area contributed by atoms with E-state index in [1.54, 1.807) is 20.0 Å². The summed E-state index contributed by atoms with van der Waals surface area (Å²) in [4.78, 5) is 8.05. The number of hydrogen-bond donors (Lipinski definition) is 2. The lowest BCUT2D eigenvalue weighted by molar-refractivity contribution is 0.0745. The van der Waals surface area contributed by atoms with E-state index in [9.17, 15) is 5.11 Å². The monoisotopic (exact) mass is 352 g/mol. The molecule has 3 nitrogen and oxygen atoms in total. The van der Waals surface area contributed by atoms with E-state index in [-0.39, 0.29) is 0 Å². The molecule has 0 saturated carbocycles. The number of benzene rings is 3. The first-order valence-electron chi connectivity index (χ1n) is 9.14. The number of aliphatic hydroxyl groups is 1. The molecule has 0 radical (unpaired) electrons. The van der Waals surface area contributed by atoms with Crippen molar-refractivity contribution in [3.05, 3.63) is 78.6 Å². The minimum atomic E-state index is -1.02. The maximum absolute atomic E-state index is 10.7. The normalized spacial score (nSPS) is 12.3. The number of rotatable bonds is 2. The van der Waals surface area contributed by atoms with Crippen molar-refractivity contribution in [1.82, 2.24) is 9.97 Å². The van der Waals surface area contributed by atoms with Gasteiger partial charge in [-0.1, -0.05) is 48.5 Å². The van der Waals surface area contributed by atoms with Crippen LogP contribution in [0.15, 0.2) is 72.9 Å². The summed E-state index contributed by atoms with van der Waals surface area (Å²) in [7, 11) is 0. The summed E-state index contributed by atoms with van der Waals surface area (Å²) in [5, 5.41) is 15.5. The van der Waals surface area contributed by atoms with Crippen LogP contribution in [0, 0.1) is 0 Å². The Bertz CT molecular complexity index is 1310. The molecule has 0 aliphatic heterocycles. The Morgan fingerprint density at radius 3 is 2.26 bits per heavy atom. The molecule has 0 atom stereocenters. The maximum Gasteiger partial charge on any atom is 0.102 e. The van der Waals surface area contributed by atoms with Gasteiger partial charge >= 0.3 is 0 Å². The Kier molecular flexibility index (Phi) is 3.36. The highest BCUT2D eigenvalue weighted by atomic mass is 16.3. The standard InChI is InChI=1S/C24H20N2O/c1-24(2,27)23-17(11-7-13-25-23)19-14-21-22(16-9-4-3-8-15(16)19)18-10-5-6-12-20(18)26-21/h3-14,26-27H,1-2H3. The molecule has 0 amide bonds. The Morgan fingerprint density at radius 1 is 0.778 bits per heavy atom. The number of nitrogens with one attached hydrogen (secondary N) is 1. The highest BCUT2D eigenvalue weighted by Crippen LogP contribution is 2.40. The number of fused-ring (bicyclic) bond motifs is 5. The van der Waals surface area contributed by atoms with Gasteiger partial charge in [-0.25, -0.2) is 0 Å².